The molecule has 2 amide bonds. The molecule has 3 rings (SSSR count). The predicted octanol–water partition coefficient (Wildman–Crippen LogP) is 3.90. The Morgan fingerprint density at radius 3 is 2.93 bits per heavy atom. The van der Waals surface area contributed by atoms with E-state index >= 15 is 0 Å². The van der Waals surface area contributed by atoms with Gasteiger partial charge in [0.1, 0.15) is 0 Å². The smallest absolute Gasteiger partial charge is 0.258 e. The number of hydrogen-bond donors (Lipinski definition) is 0. The standard InChI is InChI=1S/C19H24BrN3O2S2/c1-3-23-15-7-6-14(20)9-16(15)27-19(23)21-17(24)11-26-12-18(25)22-8-4-5-13(2)10-22/h6-7,9,13H,3-5,8,10-12H2,1-2H3. The topological polar surface area (TPSA) is 54.7 Å². The third-order valence-electron chi connectivity index (χ3n) is 4.64. The van der Waals surface area contributed by atoms with E-state index in [9.17, 15) is 9.59 Å². The van der Waals surface area contributed by atoms with Crippen LogP contribution < -0.4 is 4.80 Å². The summed E-state index contributed by atoms with van der Waals surface area (Å²) in [5.74, 6) is 1.10. The van der Waals surface area contributed by atoms with Gasteiger partial charge in [-0.15, -0.1) is 11.8 Å². The second-order valence-electron chi connectivity index (χ2n) is 6.83. The highest BCUT2D eigenvalue weighted by molar-refractivity contribution is 9.10. The van der Waals surface area contributed by atoms with E-state index in [1.54, 1.807) is 0 Å². The molecule has 2 heterocycles. The molecule has 0 spiro atoms. The number of aryl methyl sites for hydroxylation is 1. The number of hydrogen-bond acceptors (Lipinski definition) is 4. The average Bonchev–Trinajstić information content (AvgIpc) is 2.97. The summed E-state index contributed by atoms with van der Waals surface area (Å²) in [7, 11) is 0. The molecule has 0 aliphatic carbocycles. The first-order chi connectivity index (χ1) is 13.0. The minimum atomic E-state index is -0.187. The number of rotatable bonds is 5. The van der Waals surface area contributed by atoms with Gasteiger partial charge in [-0.05, 0) is 43.9 Å². The van der Waals surface area contributed by atoms with Crippen molar-refractivity contribution in [2.24, 2.45) is 10.9 Å². The number of likely N-dealkylation sites (tertiary alicyclic amines) is 1. The van der Waals surface area contributed by atoms with E-state index in [-0.39, 0.29) is 17.6 Å². The molecule has 0 N–H and O–H groups in total. The summed E-state index contributed by atoms with van der Waals surface area (Å²) in [5, 5.41) is 0. The molecule has 146 valence electrons. The van der Waals surface area contributed by atoms with Gasteiger partial charge in [0.2, 0.25) is 5.91 Å². The molecule has 1 saturated heterocycles. The fraction of sp³-hybridized carbons (Fsp3) is 0.526. The molecule has 27 heavy (non-hydrogen) atoms. The van der Waals surface area contributed by atoms with Crippen LogP contribution in [0.1, 0.15) is 26.7 Å². The molecule has 1 aromatic carbocycles. The lowest BCUT2D eigenvalue weighted by Gasteiger charge is -2.30. The Balaban J connectivity index is 1.62. The monoisotopic (exact) mass is 469 g/mol. The zero-order chi connectivity index (χ0) is 19.4. The van der Waals surface area contributed by atoms with Crippen LogP contribution in [0.5, 0.6) is 0 Å². The lowest BCUT2D eigenvalue weighted by molar-refractivity contribution is -0.130. The molecule has 0 radical (unpaired) electrons. The fourth-order valence-electron chi connectivity index (χ4n) is 3.31. The van der Waals surface area contributed by atoms with Crippen LogP contribution in [-0.4, -0.2) is 45.9 Å². The van der Waals surface area contributed by atoms with Gasteiger partial charge in [0.05, 0.1) is 21.7 Å². The summed E-state index contributed by atoms with van der Waals surface area (Å²) in [6.45, 7) is 6.67. The number of halogens is 1. The Bertz CT molecular complexity index is 906. The van der Waals surface area contributed by atoms with Crippen molar-refractivity contribution in [2.75, 3.05) is 24.6 Å². The largest absolute Gasteiger partial charge is 0.342 e. The second kappa shape index (κ2) is 9.39. The molecule has 1 atom stereocenters. The fourth-order valence-corrected chi connectivity index (χ4v) is 5.67. The van der Waals surface area contributed by atoms with E-state index < -0.39 is 0 Å². The van der Waals surface area contributed by atoms with Crippen LogP contribution in [-0.2, 0) is 16.1 Å². The molecular formula is C19H24BrN3O2S2. The third kappa shape index (κ3) is 5.23. The van der Waals surface area contributed by atoms with Gasteiger partial charge in [0.15, 0.2) is 4.80 Å². The first-order valence-corrected chi connectivity index (χ1v) is 12.0. The van der Waals surface area contributed by atoms with Crippen LogP contribution in [0, 0.1) is 5.92 Å². The number of piperidine rings is 1. The number of fused-ring (bicyclic) bond motifs is 1. The molecule has 0 saturated carbocycles. The number of thioether (sulfide) groups is 1. The van der Waals surface area contributed by atoms with Gasteiger partial charge in [-0.1, -0.05) is 34.2 Å². The van der Waals surface area contributed by atoms with Crippen molar-refractivity contribution in [2.45, 2.75) is 33.2 Å². The van der Waals surface area contributed by atoms with E-state index in [1.807, 2.05) is 30.0 Å². The highest BCUT2D eigenvalue weighted by Gasteiger charge is 2.20. The summed E-state index contributed by atoms with van der Waals surface area (Å²) in [4.78, 5) is 31.5. The van der Waals surface area contributed by atoms with E-state index in [0.717, 1.165) is 40.7 Å². The van der Waals surface area contributed by atoms with Crippen LogP contribution in [0.2, 0.25) is 0 Å². The highest BCUT2D eigenvalue weighted by Crippen LogP contribution is 2.22. The maximum Gasteiger partial charge on any atom is 0.258 e. The molecule has 8 heteroatoms. The summed E-state index contributed by atoms with van der Waals surface area (Å²) in [6.07, 6.45) is 2.27. The van der Waals surface area contributed by atoms with Crippen molar-refractivity contribution in [3.05, 3.63) is 27.5 Å². The minimum Gasteiger partial charge on any atom is -0.342 e. The Labute approximate surface area is 176 Å². The Morgan fingerprint density at radius 2 is 2.19 bits per heavy atom. The van der Waals surface area contributed by atoms with Crippen LogP contribution in [0.3, 0.4) is 0 Å². The molecule has 1 fully saturated rings. The molecule has 0 bridgehead atoms. The molecule has 1 aliphatic heterocycles. The predicted molar refractivity (Wildman–Crippen MR) is 116 cm³/mol. The van der Waals surface area contributed by atoms with Gasteiger partial charge in [-0.2, -0.15) is 4.99 Å². The average molecular weight is 470 g/mol. The maximum absolute atomic E-state index is 12.3. The van der Waals surface area contributed by atoms with Gasteiger partial charge in [0.25, 0.3) is 5.91 Å². The van der Waals surface area contributed by atoms with E-state index in [0.29, 0.717) is 16.5 Å². The Kier molecular flexibility index (Phi) is 7.16. The lowest BCUT2D eigenvalue weighted by atomic mass is 10.0. The highest BCUT2D eigenvalue weighted by atomic mass is 79.9. The van der Waals surface area contributed by atoms with Crippen LogP contribution in [0.15, 0.2) is 27.7 Å². The first-order valence-electron chi connectivity index (χ1n) is 9.20. The zero-order valence-corrected chi connectivity index (χ0v) is 18.8. The van der Waals surface area contributed by atoms with Crippen molar-refractivity contribution in [3.8, 4) is 0 Å². The summed E-state index contributed by atoms with van der Waals surface area (Å²) < 4.78 is 4.16. The van der Waals surface area contributed by atoms with Gasteiger partial charge in [-0.3, -0.25) is 9.59 Å². The summed E-state index contributed by atoms with van der Waals surface area (Å²) in [5.41, 5.74) is 1.08. The first kappa shape index (κ1) is 20.6. The molecule has 5 nitrogen and oxygen atoms in total. The molecule has 1 aliphatic rings. The molecule has 1 unspecified atom stereocenters. The van der Waals surface area contributed by atoms with Crippen molar-refractivity contribution in [3.63, 3.8) is 0 Å². The Hall–Kier alpha value is -1.12. The SMILES string of the molecule is CCn1c(=NC(=O)CSCC(=O)N2CCCC(C)C2)sc2cc(Br)ccc21. The summed E-state index contributed by atoms with van der Waals surface area (Å²) in [6, 6.07) is 6.08. The molecule has 2 aromatic rings. The molecular weight excluding hydrogens is 446 g/mol. The number of nitrogens with zero attached hydrogens (tertiary/aromatic N) is 3. The van der Waals surface area contributed by atoms with Gasteiger partial charge in [-0.25, -0.2) is 0 Å². The minimum absolute atomic E-state index is 0.134. The Morgan fingerprint density at radius 1 is 1.37 bits per heavy atom. The number of carbonyl (C=O) groups excluding carboxylic acids is 2. The van der Waals surface area contributed by atoms with Crippen molar-refractivity contribution in [1.82, 2.24) is 9.47 Å². The number of amides is 2. The van der Waals surface area contributed by atoms with Crippen molar-refractivity contribution in [1.29, 1.82) is 0 Å². The maximum atomic E-state index is 12.3. The number of aromatic nitrogens is 1. The van der Waals surface area contributed by atoms with Crippen molar-refractivity contribution < 1.29 is 9.59 Å². The number of carbonyl (C=O) groups is 2. The molecule has 1 aromatic heterocycles. The van der Waals surface area contributed by atoms with Crippen LogP contribution in [0.25, 0.3) is 10.2 Å². The quantitative estimate of drug-likeness (QED) is 0.666. The van der Waals surface area contributed by atoms with E-state index in [2.05, 4.69) is 32.4 Å². The van der Waals surface area contributed by atoms with Gasteiger partial charge in [0, 0.05) is 24.1 Å². The normalized spacial score (nSPS) is 18.3. The van der Waals surface area contributed by atoms with Gasteiger partial charge < -0.3 is 9.47 Å². The van der Waals surface area contributed by atoms with Gasteiger partial charge >= 0.3 is 0 Å². The number of benzene rings is 1. The summed E-state index contributed by atoms with van der Waals surface area (Å²) >= 11 is 6.36. The van der Waals surface area contributed by atoms with Crippen LogP contribution in [0.4, 0.5) is 0 Å². The van der Waals surface area contributed by atoms with E-state index in [1.165, 1.54) is 29.5 Å². The second-order valence-corrected chi connectivity index (χ2v) is 9.74. The van der Waals surface area contributed by atoms with Crippen molar-refractivity contribution >= 4 is 61.1 Å². The van der Waals surface area contributed by atoms with Crippen LogP contribution >= 0.6 is 39.0 Å². The van der Waals surface area contributed by atoms with E-state index in [4.69, 9.17) is 0 Å². The lowest BCUT2D eigenvalue weighted by Crippen LogP contribution is -2.40. The zero-order valence-electron chi connectivity index (χ0n) is 15.6. The third-order valence-corrected chi connectivity index (χ3v) is 7.08. The number of thiazole rings is 1.